The summed E-state index contributed by atoms with van der Waals surface area (Å²) in [5.74, 6) is 0.383. The molecule has 3 rings (SSSR count). The van der Waals surface area contributed by atoms with Crippen LogP contribution < -0.4 is 4.57 Å². The van der Waals surface area contributed by atoms with Crippen LogP contribution in [0.1, 0.15) is 6.92 Å². The molecule has 8 nitrogen and oxygen atoms in total. The van der Waals surface area contributed by atoms with Crippen molar-refractivity contribution in [1.29, 1.82) is 0 Å². The summed E-state index contributed by atoms with van der Waals surface area (Å²) in [5.41, 5.74) is 1.37. The lowest BCUT2D eigenvalue weighted by Crippen LogP contribution is -2.31. The van der Waals surface area contributed by atoms with Crippen molar-refractivity contribution >= 4 is 17.1 Å². The first-order chi connectivity index (χ1) is 11.3. The van der Waals surface area contributed by atoms with Gasteiger partial charge in [0.05, 0.1) is 25.3 Å². The monoisotopic (exact) mass is 314 g/mol. The molecule has 0 aromatic carbocycles. The largest absolute Gasteiger partial charge is 0.463 e. The second-order valence-corrected chi connectivity index (χ2v) is 4.74. The molecular formula is C15H16N5O3+. The Balaban J connectivity index is 1.75. The molecule has 0 fully saturated rings. The molecule has 23 heavy (non-hydrogen) atoms. The topological polar surface area (TPSA) is 83.0 Å². The fourth-order valence-corrected chi connectivity index (χ4v) is 2.10. The number of pyridine rings is 1. The van der Waals surface area contributed by atoms with Crippen LogP contribution in [-0.2, 0) is 21.0 Å². The normalized spacial score (nSPS) is 10.8. The van der Waals surface area contributed by atoms with Gasteiger partial charge in [0.1, 0.15) is 13.3 Å². The van der Waals surface area contributed by atoms with Gasteiger partial charge in [-0.1, -0.05) is 6.07 Å². The van der Waals surface area contributed by atoms with Gasteiger partial charge < -0.3 is 9.47 Å². The SMILES string of the molecule is CC(=O)OCCOCn1cnc2c(-[n+]3ccccc3)ncnc21. The van der Waals surface area contributed by atoms with Crippen molar-refractivity contribution in [2.45, 2.75) is 13.7 Å². The maximum Gasteiger partial charge on any atom is 0.359 e. The predicted octanol–water partition coefficient (Wildman–Crippen LogP) is 0.640. The Labute approximate surface area is 132 Å². The van der Waals surface area contributed by atoms with Crippen LogP contribution in [0.4, 0.5) is 0 Å². The van der Waals surface area contributed by atoms with E-state index < -0.39 is 0 Å². The Morgan fingerprint density at radius 3 is 2.78 bits per heavy atom. The van der Waals surface area contributed by atoms with Crippen molar-refractivity contribution in [3.63, 3.8) is 0 Å². The molecule has 0 aliphatic heterocycles. The molecule has 0 saturated carbocycles. The highest BCUT2D eigenvalue weighted by Gasteiger charge is 2.17. The molecule has 0 N–H and O–H groups in total. The van der Waals surface area contributed by atoms with Gasteiger partial charge in [-0.2, -0.15) is 4.98 Å². The van der Waals surface area contributed by atoms with E-state index in [9.17, 15) is 4.79 Å². The number of nitrogens with zero attached hydrogens (tertiary/aromatic N) is 5. The van der Waals surface area contributed by atoms with Crippen LogP contribution in [0.5, 0.6) is 0 Å². The standard InChI is InChI=1S/C15H16N5O3/c1-12(21)23-8-7-22-11-20-10-18-13-14(16-9-17-15(13)20)19-5-3-2-4-6-19/h2-6,9-10H,7-8,11H2,1H3/q+1. The van der Waals surface area contributed by atoms with E-state index in [1.807, 2.05) is 35.2 Å². The third kappa shape index (κ3) is 3.49. The summed E-state index contributed by atoms with van der Waals surface area (Å²) in [6.45, 7) is 2.17. The Bertz CT molecular complexity index is 803. The van der Waals surface area contributed by atoms with E-state index in [4.69, 9.17) is 9.47 Å². The Morgan fingerprint density at radius 2 is 2.00 bits per heavy atom. The smallest absolute Gasteiger partial charge is 0.359 e. The molecule has 0 bridgehead atoms. The van der Waals surface area contributed by atoms with Crippen LogP contribution in [0.2, 0.25) is 0 Å². The van der Waals surface area contributed by atoms with Crippen LogP contribution in [0.25, 0.3) is 17.0 Å². The fraction of sp³-hybridized carbons (Fsp3) is 0.267. The lowest BCUT2D eigenvalue weighted by molar-refractivity contribution is -0.598. The van der Waals surface area contributed by atoms with Gasteiger partial charge in [-0.05, 0) is 17.1 Å². The van der Waals surface area contributed by atoms with Gasteiger partial charge in [0, 0.05) is 6.92 Å². The van der Waals surface area contributed by atoms with Crippen molar-refractivity contribution < 1.29 is 18.8 Å². The molecule has 0 spiro atoms. The Morgan fingerprint density at radius 1 is 1.17 bits per heavy atom. The lowest BCUT2D eigenvalue weighted by atomic mass is 10.4. The second kappa shape index (κ2) is 6.93. The number of rotatable bonds is 6. The number of aromatic nitrogens is 5. The molecule has 3 aromatic rings. The van der Waals surface area contributed by atoms with E-state index in [0.717, 1.165) is 0 Å². The van der Waals surface area contributed by atoms with Crippen molar-refractivity contribution in [2.75, 3.05) is 13.2 Å². The van der Waals surface area contributed by atoms with Crippen molar-refractivity contribution in [2.24, 2.45) is 0 Å². The summed E-state index contributed by atoms with van der Waals surface area (Å²) >= 11 is 0. The van der Waals surface area contributed by atoms with Crippen LogP contribution in [0.3, 0.4) is 0 Å². The average Bonchev–Trinajstić information content (AvgIpc) is 2.98. The van der Waals surface area contributed by atoms with Crippen LogP contribution >= 0.6 is 0 Å². The highest BCUT2D eigenvalue weighted by Crippen LogP contribution is 2.12. The summed E-state index contributed by atoms with van der Waals surface area (Å²) in [5, 5.41) is 0. The van der Waals surface area contributed by atoms with E-state index in [1.165, 1.54) is 13.3 Å². The van der Waals surface area contributed by atoms with Crippen LogP contribution in [0, 0.1) is 0 Å². The third-order valence-electron chi connectivity index (χ3n) is 3.11. The number of hydrogen-bond donors (Lipinski definition) is 0. The number of carbonyl (C=O) groups is 1. The molecule has 0 aliphatic rings. The predicted molar refractivity (Wildman–Crippen MR) is 79.4 cm³/mol. The van der Waals surface area contributed by atoms with Crippen molar-refractivity contribution in [3.05, 3.63) is 43.2 Å². The quantitative estimate of drug-likeness (QED) is 0.377. The number of fused-ring (bicyclic) bond motifs is 1. The van der Waals surface area contributed by atoms with E-state index >= 15 is 0 Å². The van der Waals surface area contributed by atoms with Gasteiger partial charge >= 0.3 is 11.8 Å². The number of hydrogen-bond acceptors (Lipinski definition) is 6. The molecule has 118 valence electrons. The van der Waals surface area contributed by atoms with E-state index in [0.29, 0.717) is 23.6 Å². The van der Waals surface area contributed by atoms with Gasteiger partial charge in [-0.3, -0.25) is 9.36 Å². The summed E-state index contributed by atoms with van der Waals surface area (Å²) in [6.07, 6.45) is 6.94. The summed E-state index contributed by atoms with van der Waals surface area (Å²) in [6, 6.07) is 5.77. The number of ether oxygens (including phenoxy) is 2. The zero-order chi connectivity index (χ0) is 16.1. The molecule has 0 unspecified atom stereocenters. The lowest BCUT2D eigenvalue weighted by Gasteiger charge is -2.05. The number of carbonyl (C=O) groups excluding carboxylic acids is 1. The summed E-state index contributed by atoms with van der Waals surface area (Å²) in [7, 11) is 0. The first-order valence-electron chi connectivity index (χ1n) is 7.09. The number of imidazole rings is 1. The van der Waals surface area contributed by atoms with Crippen LogP contribution in [0.15, 0.2) is 43.2 Å². The molecule has 8 heteroatoms. The Kier molecular flexibility index (Phi) is 4.53. The van der Waals surface area contributed by atoms with E-state index in [1.54, 1.807) is 10.9 Å². The van der Waals surface area contributed by atoms with Crippen molar-refractivity contribution in [3.8, 4) is 5.82 Å². The molecule has 0 saturated heterocycles. The van der Waals surface area contributed by atoms with E-state index in [-0.39, 0.29) is 19.3 Å². The molecule has 0 aliphatic carbocycles. The molecule has 0 radical (unpaired) electrons. The zero-order valence-electron chi connectivity index (χ0n) is 12.6. The third-order valence-corrected chi connectivity index (χ3v) is 3.11. The molecule has 0 atom stereocenters. The zero-order valence-corrected chi connectivity index (χ0v) is 12.6. The second-order valence-electron chi connectivity index (χ2n) is 4.74. The van der Waals surface area contributed by atoms with Gasteiger partial charge in [0.2, 0.25) is 11.8 Å². The van der Waals surface area contributed by atoms with E-state index in [2.05, 4.69) is 15.0 Å². The molecule has 3 heterocycles. The summed E-state index contributed by atoms with van der Waals surface area (Å²) in [4.78, 5) is 23.6. The summed E-state index contributed by atoms with van der Waals surface area (Å²) < 4.78 is 13.9. The maximum atomic E-state index is 10.7. The molecule has 3 aromatic heterocycles. The maximum absolute atomic E-state index is 10.7. The minimum Gasteiger partial charge on any atom is -0.463 e. The van der Waals surface area contributed by atoms with Gasteiger partial charge in [0.15, 0.2) is 5.65 Å². The first-order valence-corrected chi connectivity index (χ1v) is 7.09. The highest BCUT2D eigenvalue weighted by atomic mass is 16.6. The Hall–Kier alpha value is -2.87. The first kappa shape index (κ1) is 15.0. The van der Waals surface area contributed by atoms with Gasteiger partial charge in [0.25, 0.3) is 0 Å². The van der Waals surface area contributed by atoms with Crippen molar-refractivity contribution in [1.82, 2.24) is 19.5 Å². The average molecular weight is 314 g/mol. The van der Waals surface area contributed by atoms with Crippen LogP contribution in [-0.4, -0.2) is 38.7 Å². The molecule has 0 amide bonds. The molecular weight excluding hydrogens is 298 g/mol. The fourth-order valence-electron chi connectivity index (χ4n) is 2.10. The minimum absolute atomic E-state index is 0.224. The van der Waals surface area contributed by atoms with Gasteiger partial charge in [-0.25, -0.2) is 9.55 Å². The highest BCUT2D eigenvalue weighted by molar-refractivity contribution is 5.75. The number of esters is 1. The van der Waals surface area contributed by atoms with Gasteiger partial charge in [-0.15, -0.1) is 0 Å². The minimum atomic E-state index is -0.320.